The predicted octanol–water partition coefficient (Wildman–Crippen LogP) is 2.09. The predicted molar refractivity (Wildman–Crippen MR) is 62.2 cm³/mol. The summed E-state index contributed by atoms with van der Waals surface area (Å²) in [6.45, 7) is 0. The lowest BCUT2D eigenvalue weighted by atomic mass is 10.0. The highest BCUT2D eigenvalue weighted by Crippen LogP contribution is 2.19. The molecular formula is C11H10F2N4O2. The molecule has 0 saturated heterocycles. The highest BCUT2D eigenvalue weighted by atomic mass is 19.1. The molecule has 0 spiro atoms. The Labute approximate surface area is 107 Å². The van der Waals surface area contributed by atoms with Crippen LogP contribution in [0.25, 0.3) is 10.4 Å². The number of carbonyl (C=O) groups excluding carboxylic acids is 2. The van der Waals surface area contributed by atoms with Crippen LogP contribution in [-0.4, -0.2) is 18.9 Å². The zero-order valence-electron chi connectivity index (χ0n) is 9.98. The van der Waals surface area contributed by atoms with Crippen molar-refractivity contribution >= 4 is 11.8 Å². The first kappa shape index (κ1) is 14.6. The molecule has 0 radical (unpaired) electrons. The second-order valence-electron chi connectivity index (χ2n) is 3.55. The lowest BCUT2D eigenvalue weighted by Gasteiger charge is -2.08. The highest BCUT2D eigenvalue weighted by Gasteiger charge is 2.18. The quantitative estimate of drug-likeness (QED) is 0.514. The van der Waals surface area contributed by atoms with Crippen LogP contribution in [0.4, 0.5) is 8.78 Å². The van der Waals surface area contributed by atoms with E-state index in [1.165, 1.54) is 7.05 Å². The fourth-order valence-corrected chi connectivity index (χ4v) is 1.47. The van der Waals surface area contributed by atoms with Crippen LogP contribution in [0, 0.1) is 11.6 Å². The van der Waals surface area contributed by atoms with Crippen LogP contribution in [0.15, 0.2) is 17.2 Å². The molecule has 2 amide bonds. The molecule has 0 fully saturated rings. The third kappa shape index (κ3) is 3.49. The molecule has 0 aliphatic rings. The molecule has 100 valence electrons. The SMILES string of the molecule is CNC(=O)c1ccc(F)c(CCC(=O)N=[N+]=[N-])c1F. The largest absolute Gasteiger partial charge is 0.355 e. The Hall–Kier alpha value is -2.47. The first-order valence-electron chi connectivity index (χ1n) is 5.28. The van der Waals surface area contributed by atoms with Crippen molar-refractivity contribution in [1.29, 1.82) is 0 Å². The number of carbonyl (C=O) groups is 2. The molecule has 1 aromatic rings. The van der Waals surface area contributed by atoms with Crippen molar-refractivity contribution < 1.29 is 18.4 Å². The van der Waals surface area contributed by atoms with Gasteiger partial charge in [-0.1, -0.05) is 0 Å². The Morgan fingerprint density at radius 3 is 2.68 bits per heavy atom. The van der Waals surface area contributed by atoms with Gasteiger partial charge in [-0.15, -0.1) is 0 Å². The van der Waals surface area contributed by atoms with Crippen molar-refractivity contribution in [1.82, 2.24) is 5.32 Å². The van der Waals surface area contributed by atoms with E-state index >= 15 is 0 Å². The summed E-state index contributed by atoms with van der Waals surface area (Å²) in [7, 11) is 1.32. The lowest BCUT2D eigenvalue weighted by molar-refractivity contribution is -0.117. The van der Waals surface area contributed by atoms with E-state index in [-0.39, 0.29) is 24.0 Å². The second kappa shape index (κ2) is 6.46. The van der Waals surface area contributed by atoms with Gasteiger partial charge in [-0.05, 0) is 29.2 Å². The van der Waals surface area contributed by atoms with Crippen LogP contribution >= 0.6 is 0 Å². The Morgan fingerprint density at radius 1 is 1.42 bits per heavy atom. The number of rotatable bonds is 4. The summed E-state index contributed by atoms with van der Waals surface area (Å²) in [4.78, 5) is 24.6. The van der Waals surface area contributed by atoms with Gasteiger partial charge in [0.2, 0.25) is 5.91 Å². The molecule has 0 aromatic heterocycles. The van der Waals surface area contributed by atoms with E-state index in [1.807, 2.05) is 0 Å². The number of hydrogen-bond donors (Lipinski definition) is 1. The van der Waals surface area contributed by atoms with Crippen molar-refractivity contribution in [3.05, 3.63) is 45.3 Å². The van der Waals surface area contributed by atoms with Crippen LogP contribution in [-0.2, 0) is 11.2 Å². The van der Waals surface area contributed by atoms with Gasteiger partial charge >= 0.3 is 0 Å². The van der Waals surface area contributed by atoms with E-state index in [2.05, 4.69) is 15.3 Å². The molecule has 0 saturated carbocycles. The third-order valence-electron chi connectivity index (χ3n) is 2.40. The van der Waals surface area contributed by atoms with E-state index in [0.29, 0.717) is 0 Å². The molecule has 19 heavy (non-hydrogen) atoms. The zero-order valence-corrected chi connectivity index (χ0v) is 9.98. The molecule has 0 unspecified atom stereocenters. The number of nitrogens with zero attached hydrogens (tertiary/aromatic N) is 3. The van der Waals surface area contributed by atoms with Crippen molar-refractivity contribution in [2.75, 3.05) is 7.05 Å². The van der Waals surface area contributed by atoms with Crippen LogP contribution in [0.3, 0.4) is 0 Å². The van der Waals surface area contributed by atoms with Crippen molar-refractivity contribution in [3.8, 4) is 0 Å². The van der Waals surface area contributed by atoms with Gasteiger partial charge < -0.3 is 5.32 Å². The maximum absolute atomic E-state index is 13.9. The summed E-state index contributed by atoms with van der Waals surface area (Å²) < 4.78 is 27.3. The molecule has 1 rings (SSSR count). The van der Waals surface area contributed by atoms with Gasteiger partial charge in [0.15, 0.2) is 0 Å². The number of benzene rings is 1. The highest BCUT2D eigenvalue weighted by molar-refractivity contribution is 5.94. The van der Waals surface area contributed by atoms with Crippen molar-refractivity contribution in [2.24, 2.45) is 5.11 Å². The fraction of sp³-hybridized carbons (Fsp3) is 0.273. The van der Waals surface area contributed by atoms with E-state index in [1.54, 1.807) is 0 Å². The van der Waals surface area contributed by atoms with Crippen LogP contribution in [0.2, 0.25) is 0 Å². The standard InChI is InChI=1S/C11H10F2N4O2/c1-15-11(19)7-2-4-8(12)6(10(7)13)3-5-9(18)16-17-14/h2,4H,3,5H2,1H3,(H,15,19). The van der Waals surface area contributed by atoms with Gasteiger partial charge in [-0.2, -0.15) is 0 Å². The summed E-state index contributed by atoms with van der Waals surface area (Å²) in [6, 6.07) is 1.96. The number of hydrogen-bond acceptors (Lipinski definition) is 2. The molecule has 8 heteroatoms. The normalized spacial score (nSPS) is 9.63. The number of nitrogens with one attached hydrogen (secondary N) is 1. The molecule has 1 N–H and O–H groups in total. The van der Waals surface area contributed by atoms with E-state index in [0.717, 1.165) is 12.1 Å². The van der Waals surface area contributed by atoms with E-state index < -0.39 is 23.4 Å². The lowest BCUT2D eigenvalue weighted by Crippen LogP contribution is -2.20. The average Bonchev–Trinajstić information content (AvgIpc) is 2.38. The monoisotopic (exact) mass is 268 g/mol. The minimum atomic E-state index is -1.02. The molecule has 0 atom stereocenters. The number of azide groups is 1. The summed E-state index contributed by atoms with van der Waals surface area (Å²) in [5.74, 6) is -3.40. The first-order chi connectivity index (χ1) is 9.01. The van der Waals surface area contributed by atoms with E-state index in [4.69, 9.17) is 5.53 Å². The maximum Gasteiger partial charge on any atom is 0.254 e. The summed E-state index contributed by atoms with van der Waals surface area (Å²) >= 11 is 0. The van der Waals surface area contributed by atoms with Crippen LogP contribution < -0.4 is 5.32 Å². The van der Waals surface area contributed by atoms with Gasteiger partial charge in [0.1, 0.15) is 11.6 Å². The zero-order chi connectivity index (χ0) is 14.4. The topological polar surface area (TPSA) is 94.9 Å². The maximum atomic E-state index is 13.9. The summed E-state index contributed by atoms with van der Waals surface area (Å²) in [5, 5.41) is 5.01. The molecule has 0 bridgehead atoms. The minimum Gasteiger partial charge on any atom is -0.355 e. The smallest absolute Gasteiger partial charge is 0.254 e. The Kier molecular flexibility index (Phi) is 4.96. The molecule has 1 aromatic carbocycles. The average molecular weight is 268 g/mol. The van der Waals surface area contributed by atoms with Crippen molar-refractivity contribution in [3.63, 3.8) is 0 Å². The molecular weight excluding hydrogens is 258 g/mol. The molecule has 0 aliphatic carbocycles. The van der Waals surface area contributed by atoms with Crippen LogP contribution in [0.5, 0.6) is 0 Å². The van der Waals surface area contributed by atoms with Crippen molar-refractivity contribution in [2.45, 2.75) is 12.8 Å². The van der Waals surface area contributed by atoms with E-state index in [9.17, 15) is 18.4 Å². The van der Waals surface area contributed by atoms with Gasteiger partial charge in [0.05, 0.1) is 5.56 Å². The molecule has 0 aliphatic heterocycles. The fourth-order valence-electron chi connectivity index (χ4n) is 1.47. The second-order valence-corrected chi connectivity index (χ2v) is 3.55. The van der Waals surface area contributed by atoms with Gasteiger partial charge in [0.25, 0.3) is 5.91 Å². The molecule has 6 nitrogen and oxygen atoms in total. The Balaban J connectivity index is 3.03. The Morgan fingerprint density at radius 2 is 2.11 bits per heavy atom. The first-order valence-corrected chi connectivity index (χ1v) is 5.28. The number of halogens is 2. The summed E-state index contributed by atoms with van der Waals surface area (Å²) in [6.07, 6.45) is -0.630. The van der Waals surface area contributed by atoms with Gasteiger partial charge in [0, 0.05) is 23.9 Å². The third-order valence-corrected chi connectivity index (χ3v) is 2.40. The van der Waals surface area contributed by atoms with Crippen LogP contribution in [0.1, 0.15) is 22.3 Å². The van der Waals surface area contributed by atoms with Gasteiger partial charge in [-0.25, -0.2) is 8.78 Å². The Bertz CT molecular complexity index is 568. The minimum absolute atomic E-state index is 0.291. The van der Waals surface area contributed by atoms with Gasteiger partial charge in [-0.3, -0.25) is 9.59 Å². The molecule has 0 heterocycles. The summed E-state index contributed by atoms with van der Waals surface area (Å²) in [5.41, 5.74) is 7.33. The number of amides is 2.